The molecule has 0 radical (unpaired) electrons. The predicted octanol–water partition coefficient (Wildman–Crippen LogP) is 3.48. The average molecular weight is 278 g/mol. The molecule has 3 atom stereocenters. The molecule has 17 heavy (non-hydrogen) atoms. The highest BCUT2D eigenvalue weighted by Gasteiger charge is 2.22. The molecule has 1 unspecified atom stereocenters. The summed E-state index contributed by atoms with van der Waals surface area (Å²) in [7, 11) is 0. The van der Waals surface area contributed by atoms with Crippen LogP contribution in [0.15, 0.2) is 18.2 Å². The highest BCUT2D eigenvalue weighted by atomic mass is 35.5. The molecule has 1 aromatic rings. The molecule has 2 nitrogen and oxygen atoms in total. The standard InChI is InChI=1S/C13H20ClNO.ClH/c1-4-8(2)13(16)12(15)10-6-5-9(3)11(14)7-10;/h5-8,12-13,16H,4,15H2,1-3H3;1H/t8?,12-,13+;/m0./s1. The maximum Gasteiger partial charge on any atom is 0.0758 e. The smallest absolute Gasteiger partial charge is 0.0758 e. The zero-order chi connectivity index (χ0) is 12.3. The number of aryl methyl sites for hydroxylation is 1. The van der Waals surface area contributed by atoms with E-state index in [0.29, 0.717) is 5.02 Å². The van der Waals surface area contributed by atoms with Crippen LogP contribution in [0, 0.1) is 12.8 Å². The molecular formula is C13H21Cl2NO. The Bertz CT molecular complexity index is 357. The molecule has 1 aromatic carbocycles. The van der Waals surface area contributed by atoms with Crippen molar-refractivity contribution in [3.05, 3.63) is 34.3 Å². The lowest BCUT2D eigenvalue weighted by molar-refractivity contribution is 0.0880. The molecule has 1 rings (SSSR count). The van der Waals surface area contributed by atoms with E-state index in [0.717, 1.165) is 17.5 Å². The number of benzene rings is 1. The summed E-state index contributed by atoms with van der Waals surface area (Å²) in [5, 5.41) is 10.7. The maximum absolute atomic E-state index is 10.0. The van der Waals surface area contributed by atoms with Crippen LogP contribution in [0.4, 0.5) is 0 Å². The minimum absolute atomic E-state index is 0. The number of hydrogen-bond acceptors (Lipinski definition) is 2. The first kappa shape index (κ1) is 16.7. The Hall–Kier alpha value is -0.280. The maximum atomic E-state index is 10.0. The Balaban J connectivity index is 0.00000256. The SMILES string of the molecule is CCC(C)[C@@H](O)[C@@H](N)c1ccc(C)c(Cl)c1.Cl. The van der Waals surface area contributed by atoms with Crippen LogP contribution in [-0.4, -0.2) is 11.2 Å². The van der Waals surface area contributed by atoms with Gasteiger partial charge in [-0.25, -0.2) is 0 Å². The lowest BCUT2D eigenvalue weighted by Crippen LogP contribution is -2.31. The van der Waals surface area contributed by atoms with Crippen LogP contribution in [0.25, 0.3) is 0 Å². The molecule has 0 aromatic heterocycles. The van der Waals surface area contributed by atoms with E-state index in [2.05, 4.69) is 0 Å². The van der Waals surface area contributed by atoms with Crippen molar-refractivity contribution in [1.82, 2.24) is 0 Å². The summed E-state index contributed by atoms with van der Waals surface area (Å²) in [5.74, 6) is 0.190. The van der Waals surface area contributed by atoms with Crippen molar-refractivity contribution in [2.24, 2.45) is 11.7 Å². The fourth-order valence-electron chi connectivity index (χ4n) is 1.61. The number of aliphatic hydroxyl groups excluding tert-OH is 1. The monoisotopic (exact) mass is 277 g/mol. The van der Waals surface area contributed by atoms with Gasteiger partial charge in [-0.2, -0.15) is 0 Å². The van der Waals surface area contributed by atoms with Crippen LogP contribution in [0.3, 0.4) is 0 Å². The lowest BCUT2D eigenvalue weighted by atomic mass is 9.91. The van der Waals surface area contributed by atoms with Crippen LogP contribution in [-0.2, 0) is 0 Å². The largest absolute Gasteiger partial charge is 0.391 e. The van der Waals surface area contributed by atoms with Gasteiger partial charge in [0.05, 0.1) is 12.1 Å². The Morgan fingerprint density at radius 2 is 2.00 bits per heavy atom. The van der Waals surface area contributed by atoms with Gasteiger partial charge in [-0.3, -0.25) is 0 Å². The Morgan fingerprint density at radius 1 is 1.41 bits per heavy atom. The summed E-state index contributed by atoms with van der Waals surface area (Å²) in [6.45, 7) is 5.99. The lowest BCUT2D eigenvalue weighted by Gasteiger charge is -2.24. The summed E-state index contributed by atoms with van der Waals surface area (Å²) in [6, 6.07) is 5.33. The highest BCUT2D eigenvalue weighted by molar-refractivity contribution is 6.31. The van der Waals surface area contributed by atoms with Crippen molar-refractivity contribution in [1.29, 1.82) is 0 Å². The van der Waals surface area contributed by atoms with Crippen molar-refractivity contribution in [3.63, 3.8) is 0 Å². The van der Waals surface area contributed by atoms with Gasteiger partial charge in [-0.15, -0.1) is 12.4 Å². The third-order valence-corrected chi connectivity index (χ3v) is 3.58. The first-order chi connectivity index (χ1) is 7.47. The van der Waals surface area contributed by atoms with E-state index in [9.17, 15) is 5.11 Å². The van der Waals surface area contributed by atoms with Gasteiger partial charge in [-0.05, 0) is 30.0 Å². The van der Waals surface area contributed by atoms with E-state index in [-0.39, 0.29) is 24.4 Å². The molecule has 0 aliphatic heterocycles. The van der Waals surface area contributed by atoms with Crippen molar-refractivity contribution in [3.8, 4) is 0 Å². The fourth-order valence-corrected chi connectivity index (χ4v) is 1.80. The van der Waals surface area contributed by atoms with Crippen molar-refractivity contribution in [2.75, 3.05) is 0 Å². The number of aliphatic hydroxyl groups is 1. The van der Waals surface area contributed by atoms with E-state index in [1.54, 1.807) is 0 Å². The summed E-state index contributed by atoms with van der Waals surface area (Å²) in [5.41, 5.74) is 7.94. The van der Waals surface area contributed by atoms with Crippen LogP contribution >= 0.6 is 24.0 Å². The molecule has 0 spiro atoms. The quantitative estimate of drug-likeness (QED) is 0.885. The molecule has 3 N–H and O–H groups in total. The summed E-state index contributed by atoms with van der Waals surface area (Å²) >= 11 is 6.04. The number of hydrogen-bond donors (Lipinski definition) is 2. The van der Waals surface area contributed by atoms with Gasteiger partial charge < -0.3 is 10.8 Å². The van der Waals surface area contributed by atoms with Crippen molar-refractivity contribution < 1.29 is 5.11 Å². The second-order valence-corrected chi connectivity index (χ2v) is 4.82. The molecule has 0 aliphatic carbocycles. The molecule has 0 saturated carbocycles. The summed E-state index contributed by atoms with van der Waals surface area (Å²) in [6.07, 6.45) is 0.387. The van der Waals surface area contributed by atoms with Gasteiger partial charge in [0.15, 0.2) is 0 Å². The third kappa shape index (κ3) is 4.14. The number of halogens is 2. The van der Waals surface area contributed by atoms with Crippen LogP contribution in [0.2, 0.25) is 5.02 Å². The minimum atomic E-state index is -0.524. The Labute approximate surface area is 115 Å². The summed E-state index contributed by atoms with van der Waals surface area (Å²) < 4.78 is 0. The molecule has 0 heterocycles. The molecule has 0 bridgehead atoms. The van der Waals surface area contributed by atoms with Crippen molar-refractivity contribution >= 4 is 24.0 Å². The zero-order valence-corrected chi connectivity index (χ0v) is 12.1. The topological polar surface area (TPSA) is 46.2 Å². The molecule has 0 amide bonds. The Kier molecular flexibility index (Phi) is 7.10. The molecule has 0 fully saturated rings. The van der Waals surface area contributed by atoms with Crippen molar-refractivity contribution in [2.45, 2.75) is 39.3 Å². The van der Waals surface area contributed by atoms with Gasteiger partial charge in [0.1, 0.15) is 0 Å². The number of nitrogens with two attached hydrogens (primary N) is 1. The van der Waals surface area contributed by atoms with E-state index in [4.69, 9.17) is 17.3 Å². The fraction of sp³-hybridized carbons (Fsp3) is 0.538. The van der Waals surface area contributed by atoms with Crippen LogP contribution < -0.4 is 5.73 Å². The van der Waals surface area contributed by atoms with Gasteiger partial charge in [-0.1, -0.05) is 44.0 Å². The highest BCUT2D eigenvalue weighted by Crippen LogP contribution is 2.25. The normalized spacial score (nSPS) is 15.9. The van der Waals surface area contributed by atoms with E-state index in [1.165, 1.54) is 0 Å². The van der Waals surface area contributed by atoms with E-state index >= 15 is 0 Å². The van der Waals surface area contributed by atoms with Gasteiger partial charge in [0.2, 0.25) is 0 Å². The molecular weight excluding hydrogens is 257 g/mol. The zero-order valence-electron chi connectivity index (χ0n) is 10.5. The molecule has 0 saturated heterocycles. The van der Waals surface area contributed by atoms with Gasteiger partial charge in [0, 0.05) is 5.02 Å². The third-order valence-electron chi connectivity index (χ3n) is 3.18. The first-order valence-electron chi connectivity index (χ1n) is 5.67. The minimum Gasteiger partial charge on any atom is -0.391 e. The summed E-state index contributed by atoms with van der Waals surface area (Å²) in [4.78, 5) is 0. The van der Waals surface area contributed by atoms with E-state index < -0.39 is 6.10 Å². The molecule has 0 aliphatic rings. The predicted molar refractivity (Wildman–Crippen MR) is 75.8 cm³/mol. The molecule has 4 heteroatoms. The van der Waals surface area contributed by atoms with Crippen LogP contribution in [0.1, 0.15) is 37.4 Å². The van der Waals surface area contributed by atoms with Gasteiger partial charge >= 0.3 is 0 Å². The van der Waals surface area contributed by atoms with E-state index in [1.807, 2.05) is 39.0 Å². The van der Waals surface area contributed by atoms with Gasteiger partial charge in [0.25, 0.3) is 0 Å². The second kappa shape index (κ2) is 7.22. The first-order valence-corrected chi connectivity index (χ1v) is 6.04. The molecule has 98 valence electrons. The number of rotatable bonds is 4. The Morgan fingerprint density at radius 3 is 2.47 bits per heavy atom. The second-order valence-electron chi connectivity index (χ2n) is 4.41. The average Bonchev–Trinajstić information content (AvgIpc) is 2.29. The van der Waals surface area contributed by atoms with Crippen LogP contribution in [0.5, 0.6) is 0 Å².